The van der Waals surface area contributed by atoms with Gasteiger partial charge in [-0.05, 0) is 38.9 Å². The Morgan fingerprint density at radius 2 is 1.38 bits per heavy atom. The Balaban J connectivity index is 2.68. The predicted octanol–water partition coefficient (Wildman–Crippen LogP) is 4.98. The van der Waals surface area contributed by atoms with Crippen LogP contribution in [0.25, 0.3) is 0 Å². The first-order valence-electron chi connectivity index (χ1n) is 9.80. The SMILES string of the molecule is CCCN(CC)C1CCCCCCCCCCC1NCC. The van der Waals surface area contributed by atoms with Crippen LogP contribution in [0.3, 0.4) is 0 Å². The van der Waals surface area contributed by atoms with Crippen LogP contribution in [0.5, 0.6) is 0 Å². The summed E-state index contributed by atoms with van der Waals surface area (Å²) >= 11 is 0. The van der Waals surface area contributed by atoms with Gasteiger partial charge in [0.25, 0.3) is 0 Å². The van der Waals surface area contributed by atoms with Crippen LogP contribution in [0.15, 0.2) is 0 Å². The standard InChI is InChI=1S/C19H40N2/c1-4-17-21(6-3)19-16-14-12-10-8-7-9-11-13-15-18(19)20-5-2/h18-20H,4-17H2,1-3H3. The second-order valence-electron chi connectivity index (χ2n) is 6.77. The molecule has 2 atom stereocenters. The van der Waals surface area contributed by atoms with E-state index in [0.29, 0.717) is 6.04 Å². The second kappa shape index (κ2) is 12.5. The molecule has 2 unspecified atom stereocenters. The summed E-state index contributed by atoms with van der Waals surface area (Å²) in [6.45, 7) is 10.5. The van der Waals surface area contributed by atoms with Crippen LogP contribution in [0.2, 0.25) is 0 Å². The molecule has 0 heterocycles. The molecular weight excluding hydrogens is 256 g/mol. The highest BCUT2D eigenvalue weighted by atomic mass is 15.2. The number of hydrogen-bond donors (Lipinski definition) is 1. The van der Waals surface area contributed by atoms with Crippen molar-refractivity contribution in [3.05, 3.63) is 0 Å². The Morgan fingerprint density at radius 1 is 0.810 bits per heavy atom. The van der Waals surface area contributed by atoms with E-state index < -0.39 is 0 Å². The minimum atomic E-state index is 0.709. The smallest absolute Gasteiger partial charge is 0.0249 e. The fourth-order valence-corrected chi connectivity index (χ4v) is 3.95. The Labute approximate surface area is 134 Å². The van der Waals surface area contributed by atoms with Crippen molar-refractivity contribution in [2.24, 2.45) is 0 Å². The second-order valence-corrected chi connectivity index (χ2v) is 6.77. The van der Waals surface area contributed by atoms with Gasteiger partial charge in [-0.15, -0.1) is 0 Å². The Morgan fingerprint density at radius 3 is 1.90 bits per heavy atom. The van der Waals surface area contributed by atoms with Gasteiger partial charge in [0.05, 0.1) is 0 Å². The maximum absolute atomic E-state index is 3.82. The Kier molecular flexibility index (Phi) is 11.3. The monoisotopic (exact) mass is 296 g/mol. The van der Waals surface area contributed by atoms with Crippen LogP contribution in [-0.2, 0) is 0 Å². The zero-order valence-electron chi connectivity index (χ0n) is 15.0. The summed E-state index contributed by atoms with van der Waals surface area (Å²) in [5, 5.41) is 3.82. The molecule has 0 saturated heterocycles. The Hall–Kier alpha value is -0.0800. The fourth-order valence-electron chi connectivity index (χ4n) is 3.95. The third kappa shape index (κ3) is 7.65. The van der Waals surface area contributed by atoms with Gasteiger partial charge in [-0.1, -0.05) is 72.1 Å². The van der Waals surface area contributed by atoms with Gasteiger partial charge in [0.15, 0.2) is 0 Å². The molecule has 21 heavy (non-hydrogen) atoms. The number of hydrogen-bond acceptors (Lipinski definition) is 2. The molecule has 126 valence electrons. The summed E-state index contributed by atoms with van der Waals surface area (Å²) in [6.07, 6.45) is 15.6. The summed E-state index contributed by atoms with van der Waals surface area (Å²) in [5.41, 5.74) is 0. The predicted molar refractivity (Wildman–Crippen MR) is 95.0 cm³/mol. The van der Waals surface area contributed by atoms with E-state index >= 15 is 0 Å². The molecule has 0 bridgehead atoms. The number of nitrogens with zero attached hydrogens (tertiary/aromatic N) is 1. The molecule has 0 aromatic carbocycles. The molecular formula is C19H40N2. The first-order chi connectivity index (χ1) is 10.3. The normalized spacial score (nSPS) is 26.3. The number of likely N-dealkylation sites (N-methyl/N-ethyl adjacent to an activating group) is 2. The van der Waals surface area contributed by atoms with Crippen LogP contribution < -0.4 is 5.32 Å². The van der Waals surface area contributed by atoms with E-state index in [2.05, 4.69) is 31.0 Å². The van der Waals surface area contributed by atoms with Crippen molar-refractivity contribution in [2.75, 3.05) is 19.6 Å². The summed E-state index contributed by atoms with van der Waals surface area (Å²) in [5.74, 6) is 0. The van der Waals surface area contributed by atoms with E-state index in [4.69, 9.17) is 0 Å². The average Bonchev–Trinajstić information content (AvgIpc) is 2.48. The van der Waals surface area contributed by atoms with E-state index in [1.165, 1.54) is 83.7 Å². The lowest BCUT2D eigenvalue weighted by Gasteiger charge is -2.37. The van der Waals surface area contributed by atoms with Gasteiger partial charge in [-0.2, -0.15) is 0 Å². The van der Waals surface area contributed by atoms with Crippen molar-refractivity contribution < 1.29 is 0 Å². The topological polar surface area (TPSA) is 15.3 Å². The molecule has 2 nitrogen and oxygen atoms in total. The lowest BCUT2D eigenvalue weighted by atomic mass is 9.92. The fraction of sp³-hybridized carbons (Fsp3) is 1.00. The molecule has 0 aromatic rings. The molecule has 0 radical (unpaired) electrons. The summed E-state index contributed by atoms with van der Waals surface area (Å²) < 4.78 is 0. The van der Waals surface area contributed by atoms with E-state index in [1.807, 2.05) is 0 Å². The van der Waals surface area contributed by atoms with Crippen LogP contribution in [0, 0.1) is 0 Å². The molecule has 2 heteroatoms. The van der Waals surface area contributed by atoms with Crippen molar-refractivity contribution in [2.45, 2.75) is 103 Å². The first-order valence-corrected chi connectivity index (χ1v) is 9.80. The van der Waals surface area contributed by atoms with Crippen LogP contribution in [-0.4, -0.2) is 36.6 Å². The molecule has 1 aliphatic rings. The maximum Gasteiger partial charge on any atom is 0.0249 e. The number of nitrogens with one attached hydrogen (secondary N) is 1. The molecule has 1 aliphatic carbocycles. The van der Waals surface area contributed by atoms with Gasteiger partial charge in [0.1, 0.15) is 0 Å². The first kappa shape index (κ1) is 19.0. The van der Waals surface area contributed by atoms with E-state index in [-0.39, 0.29) is 0 Å². The molecule has 1 fully saturated rings. The van der Waals surface area contributed by atoms with Crippen LogP contribution in [0.1, 0.15) is 91.4 Å². The average molecular weight is 297 g/mol. The van der Waals surface area contributed by atoms with Gasteiger partial charge in [0, 0.05) is 12.1 Å². The quantitative estimate of drug-likeness (QED) is 0.743. The highest BCUT2D eigenvalue weighted by Gasteiger charge is 2.25. The summed E-state index contributed by atoms with van der Waals surface area (Å²) in [7, 11) is 0. The maximum atomic E-state index is 3.82. The number of rotatable bonds is 6. The van der Waals surface area contributed by atoms with Crippen LogP contribution >= 0.6 is 0 Å². The molecule has 1 saturated carbocycles. The van der Waals surface area contributed by atoms with Crippen molar-refractivity contribution in [1.82, 2.24) is 10.2 Å². The molecule has 0 spiro atoms. The van der Waals surface area contributed by atoms with Gasteiger partial charge >= 0.3 is 0 Å². The van der Waals surface area contributed by atoms with E-state index in [9.17, 15) is 0 Å². The molecule has 1 N–H and O–H groups in total. The summed E-state index contributed by atoms with van der Waals surface area (Å²) in [4.78, 5) is 2.75. The molecule has 0 aromatic heterocycles. The van der Waals surface area contributed by atoms with Gasteiger partial charge in [-0.3, -0.25) is 4.90 Å². The lowest BCUT2D eigenvalue weighted by molar-refractivity contribution is 0.145. The molecule has 1 rings (SSSR count). The van der Waals surface area contributed by atoms with Crippen molar-refractivity contribution in [3.8, 4) is 0 Å². The minimum Gasteiger partial charge on any atom is -0.313 e. The van der Waals surface area contributed by atoms with Gasteiger partial charge < -0.3 is 5.32 Å². The van der Waals surface area contributed by atoms with Crippen molar-refractivity contribution in [3.63, 3.8) is 0 Å². The highest BCUT2D eigenvalue weighted by molar-refractivity contribution is 4.84. The van der Waals surface area contributed by atoms with Crippen molar-refractivity contribution in [1.29, 1.82) is 0 Å². The zero-order chi connectivity index (χ0) is 15.3. The third-order valence-corrected chi connectivity index (χ3v) is 5.08. The van der Waals surface area contributed by atoms with Crippen molar-refractivity contribution >= 4 is 0 Å². The highest BCUT2D eigenvalue weighted by Crippen LogP contribution is 2.21. The zero-order valence-corrected chi connectivity index (χ0v) is 15.0. The van der Waals surface area contributed by atoms with Crippen LogP contribution in [0.4, 0.5) is 0 Å². The molecule has 0 aliphatic heterocycles. The lowest BCUT2D eigenvalue weighted by Crippen LogP contribution is -2.50. The largest absolute Gasteiger partial charge is 0.313 e. The van der Waals surface area contributed by atoms with Gasteiger partial charge in [0.2, 0.25) is 0 Å². The minimum absolute atomic E-state index is 0.709. The van der Waals surface area contributed by atoms with E-state index in [1.54, 1.807) is 0 Å². The summed E-state index contributed by atoms with van der Waals surface area (Å²) in [6, 6.07) is 1.47. The molecule has 0 amide bonds. The van der Waals surface area contributed by atoms with E-state index in [0.717, 1.165) is 12.6 Å². The Bertz CT molecular complexity index is 230. The third-order valence-electron chi connectivity index (χ3n) is 5.08. The van der Waals surface area contributed by atoms with Gasteiger partial charge in [-0.25, -0.2) is 0 Å².